The monoisotopic (exact) mass is 418 g/mol. The van der Waals surface area contributed by atoms with Crippen molar-refractivity contribution in [3.05, 3.63) is 0 Å². The van der Waals surface area contributed by atoms with Crippen LogP contribution in [0.2, 0.25) is 6.04 Å². The summed E-state index contributed by atoms with van der Waals surface area (Å²) in [7, 11) is 0.954. The minimum Gasteiger partial charge on any atom is -0.377 e. The zero-order valence-corrected chi connectivity index (χ0v) is 15.9. The summed E-state index contributed by atoms with van der Waals surface area (Å²) in [5, 5.41) is 0. The van der Waals surface area contributed by atoms with E-state index in [1.165, 1.54) is 21.3 Å². The molecule has 0 N–H and O–H groups in total. The second kappa shape index (κ2) is 10.8. The summed E-state index contributed by atoms with van der Waals surface area (Å²) in [6.45, 7) is -0.679. The molecule has 0 aliphatic heterocycles. The maximum Gasteiger partial charge on any atom is 0.500 e. The van der Waals surface area contributed by atoms with E-state index in [0.717, 1.165) is 0 Å². The van der Waals surface area contributed by atoms with Crippen LogP contribution in [-0.4, -0.2) is 54.9 Å². The zero-order valence-electron chi connectivity index (χ0n) is 14.9. The van der Waals surface area contributed by atoms with Crippen molar-refractivity contribution in [2.45, 2.75) is 62.8 Å². The number of rotatable bonds is 14. The Kier molecular flexibility index (Phi) is 10.6. The van der Waals surface area contributed by atoms with Gasteiger partial charge in [0.1, 0.15) is 0 Å². The topological polar surface area (TPSA) is 36.9 Å². The Balaban J connectivity index is 4.29. The SMILES string of the molecule is CO[Si](CCCOC(F)(F)C(F)(F)CCCCCC(F)(F)F)(OC)OC. The molecule has 0 aromatic heterocycles. The molecule has 0 rings (SSSR count). The first-order valence-corrected chi connectivity index (χ1v) is 9.90. The van der Waals surface area contributed by atoms with Crippen molar-refractivity contribution in [1.29, 1.82) is 0 Å². The average molecular weight is 418 g/mol. The van der Waals surface area contributed by atoms with Gasteiger partial charge < -0.3 is 18.0 Å². The Bertz CT molecular complexity index is 382. The Morgan fingerprint density at radius 3 is 1.65 bits per heavy atom. The van der Waals surface area contributed by atoms with Gasteiger partial charge in [-0.25, -0.2) is 0 Å². The van der Waals surface area contributed by atoms with Crippen LogP contribution in [0, 0.1) is 0 Å². The summed E-state index contributed by atoms with van der Waals surface area (Å²) in [6, 6.07) is 0.0929. The molecular weight excluding hydrogens is 393 g/mol. The van der Waals surface area contributed by atoms with E-state index in [4.69, 9.17) is 13.3 Å². The molecule has 0 aliphatic rings. The number of hydrogen-bond acceptors (Lipinski definition) is 4. The Morgan fingerprint density at radius 2 is 1.19 bits per heavy atom. The quantitative estimate of drug-likeness (QED) is 0.226. The van der Waals surface area contributed by atoms with Gasteiger partial charge in [0.15, 0.2) is 0 Å². The van der Waals surface area contributed by atoms with E-state index in [0.29, 0.717) is 0 Å². The van der Waals surface area contributed by atoms with Gasteiger partial charge >= 0.3 is 27.0 Å². The zero-order chi connectivity index (χ0) is 20.5. The van der Waals surface area contributed by atoms with Crippen LogP contribution in [0.25, 0.3) is 0 Å². The molecule has 0 radical (unpaired) electrons. The molecule has 0 atom stereocenters. The van der Waals surface area contributed by atoms with Crippen molar-refractivity contribution in [3.8, 4) is 0 Å². The summed E-state index contributed by atoms with van der Waals surface area (Å²) in [5.41, 5.74) is 0. The van der Waals surface area contributed by atoms with Crippen LogP contribution in [0.5, 0.6) is 0 Å². The standard InChI is InChI=1S/C14H25F7O4Si/c1-22-26(23-2,24-3)11-7-10-25-14(20,21)12(15,16)8-5-4-6-9-13(17,18)19/h4-11H2,1-3H3. The maximum atomic E-state index is 13.6. The lowest BCUT2D eigenvalue weighted by Crippen LogP contribution is -2.44. The van der Waals surface area contributed by atoms with E-state index >= 15 is 0 Å². The first kappa shape index (κ1) is 25.6. The molecule has 0 fully saturated rings. The second-order valence-electron chi connectivity index (χ2n) is 5.64. The molecule has 0 saturated heterocycles. The van der Waals surface area contributed by atoms with Crippen molar-refractivity contribution >= 4 is 8.80 Å². The Hall–Kier alpha value is -0.433. The fraction of sp³-hybridized carbons (Fsp3) is 1.00. The van der Waals surface area contributed by atoms with Crippen LogP contribution < -0.4 is 0 Å². The van der Waals surface area contributed by atoms with Crippen molar-refractivity contribution < 1.29 is 48.7 Å². The van der Waals surface area contributed by atoms with Crippen LogP contribution >= 0.6 is 0 Å². The smallest absolute Gasteiger partial charge is 0.377 e. The largest absolute Gasteiger partial charge is 0.500 e. The van der Waals surface area contributed by atoms with E-state index < -0.39 is 52.9 Å². The molecular formula is C14H25F7O4Si. The molecule has 0 spiro atoms. The summed E-state index contributed by atoms with van der Waals surface area (Å²) in [6.07, 6.45) is -12.6. The molecule has 0 saturated carbocycles. The van der Waals surface area contributed by atoms with Gasteiger partial charge in [-0.05, 0) is 19.3 Å². The third kappa shape index (κ3) is 8.98. The van der Waals surface area contributed by atoms with Crippen LogP contribution in [0.3, 0.4) is 0 Å². The van der Waals surface area contributed by atoms with Crippen LogP contribution in [0.1, 0.15) is 38.5 Å². The first-order chi connectivity index (χ1) is 11.8. The van der Waals surface area contributed by atoms with E-state index in [1.54, 1.807) is 0 Å². The molecule has 0 unspecified atom stereocenters. The summed E-state index contributed by atoms with van der Waals surface area (Å²) < 4.78 is 109. The Morgan fingerprint density at radius 1 is 0.692 bits per heavy atom. The molecule has 12 heteroatoms. The van der Waals surface area contributed by atoms with Crippen molar-refractivity contribution in [1.82, 2.24) is 0 Å². The third-order valence-electron chi connectivity index (χ3n) is 3.72. The van der Waals surface area contributed by atoms with Gasteiger partial charge in [0.25, 0.3) is 0 Å². The van der Waals surface area contributed by atoms with E-state index in [-0.39, 0.29) is 25.3 Å². The van der Waals surface area contributed by atoms with Crippen molar-refractivity contribution in [3.63, 3.8) is 0 Å². The summed E-state index contributed by atoms with van der Waals surface area (Å²) in [4.78, 5) is 0. The highest BCUT2D eigenvalue weighted by Crippen LogP contribution is 2.39. The first-order valence-electron chi connectivity index (χ1n) is 7.96. The lowest BCUT2D eigenvalue weighted by molar-refractivity contribution is -0.349. The van der Waals surface area contributed by atoms with E-state index in [9.17, 15) is 30.7 Å². The molecule has 0 amide bonds. The lowest BCUT2D eigenvalue weighted by atomic mass is 10.1. The van der Waals surface area contributed by atoms with Crippen LogP contribution in [0.15, 0.2) is 0 Å². The molecule has 158 valence electrons. The highest BCUT2D eigenvalue weighted by molar-refractivity contribution is 6.60. The number of halogens is 7. The molecule has 0 aromatic rings. The number of hydrogen-bond donors (Lipinski definition) is 0. The molecule has 4 nitrogen and oxygen atoms in total. The lowest BCUT2D eigenvalue weighted by Gasteiger charge is -2.27. The third-order valence-corrected chi connectivity index (χ3v) is 6.55. The number of unbranched alkanes of at least 4 members (excludes halogenated alkanes) is 2. The van der Waals surface area contributed by atoms with Gasteiger partial charge in [0.05, 0.1) is 6.61 Å². The van der Waals surface area contributed by atoms with Gasteiger partial charge in [-0.1, -0.05) is 6.42 Å². The Labute approximate surface area is 149 Å². The highest BCUT2D eigenvalue weighted by Gasteiger charge is 2.57. The van der Waals surface area contributed by atoms with Crippen LogP contribution in [0.4, 0.5) is 30.7 Å². The predicted molar refractivity (Wildman–Crippen MR) is 81.2 cm³/mol. The number of ether oxygens (including phenoxy) is 1. The maximum absolute atomic E-state index is 13.6. The molecule has 0 aromatic carbocycles. The molecule has 0 heterocycles. The second-order valence-corrected chi connectivity index (χ2v) is 8.74. The fourth-order valence-electron chi connectivity index (χ4n) is 2.15. The normalized spacial score (nSPS) is 14.1. The summed E-state index contributed by atoms with van der Waals surface area (Å²) >= 11 is 0. The van der Waals surface area contributed by atoms with Gasteiger partial charge in [-0.3, -0.25) is 0 Å². The van der Waals surface area contributed by atoms with Crippen molar-refractivity contribution in [2.75, 3.05) is 27.9 Å². The van der Waals surface area contributed by atoms with Crippen molar-refractivity contribution in [2.24, 2.45) is 0 Å². The van der Waals surface area contributed by atoms with Gasteiger partial charge in [0.2, 0.25) is 0 Å². The van der Waals surface area contributed by atoms with Gasteiger partial charge in [0, 0.05) is 40.2 Å². The number of alkyl halides is 7. The molecule has 0 aliphatic carbocycles. The highest BCUT2D eigenvalue weighted by atomic mass is 28.4. The fourth-order valence-corrected chi connectivity index (χ4v) is 3.84. The molecule has 0 bridgehead atoms. The van der Waals surface area contributed by atoms with E-state index in [1.807, 2.05) is 0 Å². The summed E-state index contributed by atoms with van der Waals surface area (Å²) in [5.74, 6) is -4.47. The minimum atomic E-state index is -4.71. The molecule has 26 heavy (non-hydrogen) atoms. The predicted octanol–water partition coefficient (Wildman–Crippen LogP) is 5.01. The van der Waals surface area contributed by atoms with Gasteiger partial charge in [-0.15, -0.1) is 0 Å². The van der Waals surface area contributed by atoms with Crippen LogP contribution in [-0.2, 0) is 18.0 Å². The van der Waals surface area contributed by atoms with E-state index in [2.05, 4.69) is 4.74 Å². The minimum absolute atomic E-state index is 0.0566. The average Bonchev–Trinajstić information content (AvgIpc) is 2.54. The van der Waals surface area contributed by atoms with Gasteiger partial charge in [-0.2, -0.15) is 30.7 Å².